The molecule has 0 aliphatic carbocycles. The third kappa shape index (κ3) is 14.9. The molecule has 0 aromatic carbocycles. The molecule has 0 unspecified atom stereocenters. The first-order valence-electron chi connectivity index (χ1n) is 9.84. The standard InChI is InChI=1S/C14H25NO20S3.4Na/c1-29-8-4(3-31-37(23,24)25)32-13(5(6(8)16)15-36(20,21)22)33-9-7(17)10(35-38(26,27)28)14(30-2)34-11(9)12(18)19;;;;/h4-11,13-17H,3H2,1-2H3,(H,18,19)(H,20,21,22)(H,23,24,25)(H,26,27,28);;;;/q;4*+1/p-4/t4-,5-,6-,7+,8-,9+,10-,11-,13+,14-;;;;/m1..../s1. The van der Waals surface area contributed by atoms with Gasteiger partial charge in [-0.2, -0.15) is 0 Å². The zero-order valence-corrected chi connectivity index (χ0v) is 33.4. The average Bonchev–Trinajstić information content (AvgIpc) is 2.75. The van der Waals surface area contributed by atoms with Crippen LogP contribution in [0, 0.1) is 0 Å². The number of aliphatic hydroxyl groups is 2. The summed E-state index contributed by atoms with van der Waals surface area (Å²) in [5.41, 5.74) is 0. The van der Waals surface area contributed by atoms with E-state index in [1.54, 1.807) is 0 Å². The van der Waals surface area contributed by atoms with Crippen LogP contribution in [0.1, 0.15) is 0 Å². The van der Waals surface area contributed by atoms with Crippen molar-refractivity contribution >= 4 is 37.1 Å². The van der Waals surface area contributed by atoms with Crippen LogP contribution in [0.3, 0.4) is 0 Å². The molecule has 0 amide bonds. The number of rotatable bonds is 12. The summed E-state index contributed by atoms with van der Waals surface area (Å²) < 4.78 is 134. The Kier molecular flexibility index (Phi) is 23.8. The second-order valence-electron chi connectivity index (χ2n) is 7.56. The summed E-state index contributed by atoms with van der Waals surface area (Å²) in [6, 6.07) is -2.18. The smallest absolute Gasteiger partial charge is 0.735 e. The Morgan fingerprint density at radius 2 is 1.36 bits per heavy atom. The van der Waals surface area contributed by atoms with Crippen LogP contribution in [0.5, 0.6) is 0 Å². The molecule has 28 heteroatoms. The van der Waals surface area contributed by atoms with Crippen molar-refractivity contribution in [3.8, 4) is 0 Å². The molecular formula is C14H21NNa4O20S3. The van der Waals surface area contributed by atoms with Gasteiger partial charge >= 0.3 is 118 Å². The van der Waals surface area contributed by atoms with Gasteiger partial charge in [-0.15, -0.1) is 0 Å². The largest absolute Gasteiger partial charge is 1.00 e. The quantitative estimate of drug-likeness (QED) is 0.0961. The number of carbonyl (C=O) groups is 1. The molecule has 2 aliphatic heterocycles. The van der Waals surface area contributed by atoms with Gasteiger partial charge in [-0.05, 0) is 0 Å². The number of carboxylic acids is 1. The van der Waals surface area contributed by atoms with Crippen LogP contribution < -0.4 is 128 Å². The van der Waals surface area contributed by atoms with Crippen LogP contribution in [0.15, 0.2) is 0 Å². The second-order valence-corrected chi connectivity index (χ2v) is 10.8. The van der Waals surface area contributed by atoms with Crippen LogP contribution in [-0.2, 0) is 67.9 Å². The summed E-state index contributed by atoms with van der Waals surface area (Å²) >= 11 is 0. The number of methoxy groups -OCH3 is 2. The van der Waals surface area contributed by atoms with Crippen LogP contribution in [0.4, 0.5) is 0 Å². The van der Waals surface area contributed by atoms with Gasteiger partial charge in [-0.3, -0.25) is 8.37 Å². The molecule has 2 heterocycles. The normalized spacial score (nSPS) is 33.6. The second kappa shape index (κ2) is 20.3. The van der Waals surface area contributed by atoms with E-state index in [0.717, 1.165) is 14.2 Å². The van der Waals surface area contributed by atoms with Crippen molar-refractivity contribution in [1.29, 1.82) is 0 Å². The Morgan fingerprint density at radius 3 is 1.76 bits per heavy atom. The maximum absolute atomic E-state index is 11.7. The summed E-state index contributed by atoms with van der Waals surface area (Å²) in [7, 11) is -14.6. The summed E-state index contributed by atoms with van der Waals surface area (Å²) in [6.07, 6.45) is -19.5. The van der Waals surface area contributed by atoms with Gasteiger partial charge in [0.05, 0.1) is 12.6 Å². The average molecular weight is 711 g/mol. The Labute approximate surface area is 328 Å². The van der Waals surface area contributed by atoms with E-state index in [1.807, 2.05) is 0 Å². The molecule has 2 aliphatic rings. The minimum Gasteiger partial charge on any atom is -0.735 e. The van der Waals surface area contributed by atoms with E-state index >= 15 is 0 Å². The van der Waals surface area contributed by atoms with Crippen LogP contribution in [-0.4, -0.2) is 137 Å². The van der Waals surface area contributed by atoms with Crippen molar-refractivity contribution in [3.05, 3.63) is 0 Å². The topological polar surface area (TPSA) is 329 Å². The zero-order chi connectivity index (χ0) is 29.2. The number of hydrogen-bond acceptors (Lipinski definition) is 20. The number of aliphatic hydroxyl groups excluding tert-OH is 2. The Morgan fingerprint density at radius 1 is 0.810 bits per heavy atom. The van der Waals surface area contributed by atoms with E-state index in [1.165, 1.54) is 4.72 Å². The maximum atomic E-state index is 11.7. The van der Waals surface area contributed by atoms with Crippen molar-refractivity contribution in [1.82, 2.24) is 4.72 Å². The monoisotopic (exact) mass is 711 g/mol. The van der Waals surface area contributed by atoms with Gasteiger partial charge in [0, 0.05) is 14.2 Å². The van der Waals surface area contributed by atoms with E-state index in [9.17, 15) is 59.0 Å². The summed E-state index contributed by atoms with van der Waals surface area (Å²) in [5.74, 6) is -2.14. The number of hydrogen-bond donors (Lipinski definition) is 3. The molecule has 0 saturated carbocycles. The first-order valence-corrected chi connectivity index (χ1v) is 13.9. The number of aliphatic carboxylic acids is 1. The van der Waals surface area contributed by atoms with Gasteiger partial charge in [0.1, 0.15) is 42.7 Å². The van der Waals surface area contributed by atoms with E-state index in [0.29, 0.717) is 0 Å². The van der Waals surface area contributed by atoms with Gasteiger partial charge in [-0.1, -0.05) is 0 Å². The first kappa shape index (κ1) is 49.2. The number of ether oxygens (including phenoxy) is 5. The molecule has 42 heavy (non-hydrogen) atoms. The van der Waals surface area contributed by atoms with Crippen molar-refractivity contribution < 1.29 is 209 Å². The Hall–Kier alpha value is 2.80. The summed E-state index contributed by atoms with van der Waals surface area (Å²) in [6.45, 7) is -1.18. The van der Waals surface area contributed by atoms with Crippen molar-refractivity contribution in [2.45, 2.75) is 61.3 Å². The van der Waals surface area contributed by atoms with Crippen LogP contribution in [0.25, 0.3) is 0 Å². The fraction of sp³-hybridized carbons (Fsp3) is 0.929. The van der Waals surface area contributed by atoms with Gasteiger partial charge in [0.15, 0.2) is 29.0 Å². The molecular weight excluding hydrogens is 690 g/mol. The van der Waals surface area contributed by atoms with Gasteiger partial charge in [-0.25, -0.2) is 30.0 Å². The van der Waals surface area contributed by atoms with Gasteiger partial charge in [0.2, 0.25) is 20.8 Å². The number of nitrogens with one attached hydrogen (secondary N) is 1. The molecule has 224 valence electrons. The zero-order valence-electron chi connectivity index (χ0n) is 22.9. The van der Waals surface area contributed by atoms with Gasteiger partial charge in [0.25, 0.3) is 0 Å². The molecule has 21 nitrogen and oxygen atoms in total. The first-order chi connectivity index (χ1) is 17.3. The van der Waals surface area contributed by atoms with E-state index in [-0.39, 0.29) is 118 Å². The fourth-order valence-corrected chi connectivity index (χ4v) is 5.02. The molecule has 2 rings (SSSR count). The van der Waals surface area contributed by atoms with Crippen LogP contribution in [0.2, 0.25) is 0 Å². The minimum atomic E-state index is -5.59. The molecule has 3 N–H and O–H groups in total. The van der Waals surface area contributed by atoms with Crippen molar-refractivity contribution in [2.75, 3.05) is 20.8 Å². The van der Waals surface area contributed by atoms with E-state index in [4.69, 9.17) is 18.9 Å². The third-order valence-corrected chi connectivity index (χ3v) is 6.55. The molecule has 2 fully saturated rings. The van der Waals surface area contributed by atoms with Crippen molar-refractivity contribution in [2.24, 2.45) is 0 Å². The minimum absolute atomic E-state index is 0. The predicted octanol–water partition coefficient (Wildman–Crippen LogP) is -19.3. The molecule has 10 atom stereocenters. The molecule has 0 radical (unpaired) electrons. The predicted molar refractivity (Wildman–Crippen MR) is 104 cm³/mol. The molecule has 2 saturated heterocycles. The Bertz CT molecular complexity index is 1160. The van der Waals surface area contributed by atoms with Crippen molar-refractivity contribution in [3.63, 3.8) is 0 Å². The van der Waals surface area contributed by atoms with E-state index < -0.39 is 105 Å². The van der Waals surface area contributed by atoms with Crippen LogP contribution >= 0.6 is 0 Å². The summed E-state index contributed by atoms with van der Waals surface area (Å²) in [5, 5.41) is 32.9. The third-order valence-electron chi connectivity index (χ3n) is 5.11. The fourth-order valence-electron chi connectivity index (χ4n) is 3.65. The summed E-state index contributed by atoms with van der Waals surface area (Å²) in [4.78, 5) is 11.7. The SMILES string of the molecule is CO[C@@H]1O[C@@H](C(=O)[O-])[C@@H](O[C@@H]2O[C@H](COS(=O)(=O)[O-])[C@@H](OC)[C@H](O)[C@H]2NS(=O)(=O)[O-])[C@H](O)[C@H]1OS(=O)(=O)[O-].[Na+].[Na+].[Na+].[Na+]. The van der Waals surface area contributed by atoms with Gasteiger partial charge < -0.3 is 57.5 Å². The number of carbonyl (C=O) groups excluding carboxylic acids is 1. The van der Waals surface area contributed by atoms with E-state index in [2.05, 4.69) is 13.1 Å². The maximum Gasteiger partial charge on any atom is 1.00 e. The molecule has 0 spiro atoms. The number of carboxylic acid groups (broad SMARTS) is 1. The molecule has 0 aromatic rings. The molecule has 0 aromatic heterocycles. The molecule has 0 bridgehead atoms. The Balaban J connectivity index is -0.00000380.